The first-order chi connectivity index (χ1) is 5.11. The smallest absolute Gasteiger partial charge is 0.0722 e. The van der Waals surface area contributed by atoms with Crippen LogP contribution in [0.15, 0.2) is 0 Å². The highest BCUT2D eigenvalue weighted by Gasteiger charge is 2.11. The number of likely N-dealkylation sites (N-methyl/N-ethyl adjacent to an activating group) is 1. The van der Waals surface area contributed by atoms with Gasteiger partial charge in [-0.25, -0.2) is 0 Å². The van der Waals surface area contributed by atoms with E-state index in [1.54, 1.807) is 6.92 Å². The zero-order chi connectivity index (χ0) is 8.85. The number of hydrogen-bond donors (Lipinski definition) is 2. The highest BCUT2D eigenvalue weighted by atomic mass is 16.8. The lowest BCUT2D eigenvalue weighted by molar-refractivity contribution is -0.329. The van der Waals surface area contributed by atoms with E-state index in [0.717, 1.165) is 13.1 Å². The van der Waals surface area contributed by atoms with Gasteiger partial charge in [-0.1, -0.05) is 19.1 Å². The Balaban J connectivity index is 3.62. The molecule has 0 spiro atoms. The maximum atomic E-state index is 8.62. The van der Waals surface area contributed by atoms with Crippen LogP contribution < -0.4 is 0 Å². The molecule has 0 radical (unpaired) electrons. The van der Waals surface area contributed by atoms with Gasteiger partial charge in [0.1, 0.15) is 0 Å². The molecule has 11 heavy (non-hydrogen) atoms. The lowest BCUT2D eigenvalue weighted by Gasteiger charge is -2.24. The molecular weight excluding hydrogens is 144 g/mol. The van der Waals surface area contributed by atoms with E-state index in [4.69, 9.17) is 10.4 Å². The molecule has 1 unspecified atom stereocenters. The van der Waals surface area contributed by atoms with Gasteiger partial charge in [0.25, 0.3) is 0 Å². The van der Waals surface area contributed by atoms with Crippen LogP contribution in [-0.4, -0.2) is 46.2 Å². The largest absolute Gasteiger partial charge is 0.302 e. The van der Waals surface area contributed by atoms with Gasteiger partial charge in [0.05, 0.1) is 6.04 Å². The van der Waals surface area contributed by atoms with Gasteiger partial charge in [0.15, 0.2) is 0 Å². The first-order valence-corrected chi connectivity index (χ1v) is 4.01. The molecule has 0 aromatic heterocycles. The number of hydrogen-bond acceptors (Lipinski definition) is 4. The van der Waals surface area contributed by atoms with Crippen LogP contribution in [-0.2, 0) is 0 Å². The van der Waals surface area contributed by atoms with Crippen molar-refractivity contribution in [3.05, 3.63) is 0 Å². The first-order valence-electron chi connectivity index (χ1n) is 4.01. The summed E-state index contributed by atoms with van der Waals surface area (Å²) in [5.41, 5.74) is 0. The Labute approximate surface area is 67.9 Å². The molecule has 0 saturated heterocycles. The van der Waals surface area contributed by atoms with Gasteiger partial charge in [-0.2, -0.15) is 0 Å². The Hall–Kier alpha value is -0.160. The summed E-state index contributed by atoms with van der Waals surface area (Å²) in [5, 5.41) is 17.5. The Kier molecular flexibility index (Phi) is 5.41. The van der Waals surface area contributed by atoms with Gasteiger partial charge < -0.3 is 4.90 Å². The van der Waals surface area contributed by atoms with Gasteiger partial charge in [-0.3, -0.25) is 10.4 Å². The predicted octanol–water partition coefficient (Wildman–Crippen LogP) is 0.797. The molecule has 68 valence electrons. The minimum Gasteiger partial charge on any atom is -0.302 e. The standard InChI is InChI=1S/C7H18N2O2/c1-4-8(5-2)6-7(3)9(10)11/h7,10-11H,4-6H2,1-3H3. The van der Waals surface area contributed by atoms with Crippen molar-refractivity contribution in [2.24, 2.45) is 0 Å². The molecule has 2 N–H and O–H groups in total. The van der Waals surface area contributed by atoms with Crippen molar-refractivity contribution in [1.29, 1.82) is 0 Å². The molecule has 0 aromatic rings. The third-order valence-corrected chi connectivity index (χ3v) is 1.81. The summed E-state index contributed by atoms with van der Waals surface area (Å²) in [6.45, 7) is 8.42. The third-order valence-electron chi connectivity index (χ3n) is 1.81. The van der Waals surface area contributed by atoms with Crippen molar-refractivity contribution in [1.82, 2.24) is 10.1 Å². The summed E-state index contributed by atoms with van der Waals surface area (Å²) in [5.74, 6) is 0. The Morgan fingerprint density at radius 3 is 1.91 bits per heavy atom. The molecule has 4 heteroatoms. The SMILES string of the molecule is CCN(CC)CC(C)N(O)O. The van der Waals surface area contributed by atoms with Crippen LogP contribution in [0.2, 0.25) is 0 Å². The zero-order valence-electron chi connectivity index (χ0n) is 7.49. The Bertz CT molecular complexity index is 94.4. The zero-order valence-corrected chi connectivity index (χ0v) is 7.49. The maximum Gasteiger partial charge on any atom is 0.0722 e. The van der Waals surface area contributed by atoms with Crippen molar-refractivity contribution in [3.8, 4) is 0 Å². The van der Waals surface area contributed by atoms with Crippen LogP contribution >= 0.6 is 0 Å². The second-order valence-electron chi connectivity index (χ2n) is 2.66. The normalized spacial score (nSPS) is 14.5. The average molecular weight is 162 g/mol. The Morgan fingerprint density at radius 1 is 1.18 bits per heavy atom. The molecular formula is C7H18N2O2. The van der Waals surface area contributed by atoms with Crippen LogP contribution in [0.3, 0.4) is 0 Å². The monoisotopic (exact) mass is 162 g/mol. The molecule has 0 aliphatic carbocycles. The van der Waals surface area contributed by atoms with Gasteiger partial charge in [-0.05, 0) is 20.0 Å². The topological polar surface area (TPSA) is 46.9 Å². The van der Waals surface area contributed by atoms with Crippen molar-refractivity contribution >= 4 is 0 Å². The van der Waals surface area contributed by atoms with Crippen molar-refractivity contribution < 1.29 is 10.4 Å². The van der Waals surface area contributed by atoms with E-state index in [-0.39, 0.29) is 11.3 Å². The van der Waals surface area contributed by atoms with Crippen molar-refractivity contribution in [2.45, 2.75) is 26.8 Å². The van der Waals surface area contributed by atoms with Crippen LogP contribution in [0, 0.1) is 0 Å². The van der Waals surface area contributed by atoms with Gasteiger partial charge in [0, 0.05) is 6.54 Å². The van der Waals surface area contributed by atoms with Crippen molar-refractivity contribution in [2.75, 3.05) is 19.6 Å². The fraction of sp³-hybridized carbons (Fsp3) is 1.00. The molecule has 0 fully saturated rings. The van der Waals surface area contributed by atoms with E-state index >= 15 is 0 Å². The highest BCUT2D eigenvalue weighted by Crippen LogP contribution is 1.95. The Morgan fingerprint density at radius 2 is 1.64 bits per heavy atom. The third kappa shape index (κ3) is 4.31. The maximum absolute atomic E-state index is 8.62. The lowest BCUT2D eigenvalue weighted by Crippen LogP contribution is -2.38. The van der Waals surface area contributed by atoms with Gasteiger partial charge >= 0.3 is 0 Å². The van der Waals surface area contributed by atoms with E-state index in [1.165, 1.54) is 0 Å². The van der Waals surface area contributed by atoms with Crippen LogP contribution in [0.5, 0.6) is 0 Å². The molecule has 1 atom stereocenters. The molecule has 0 aliphatic heterocycles. The highest BCUT2D eigenvalue weighted by molar-refractivity contribution is 4.60. The van der Waals surface area contributed by atoms with Gasteiger partial charge in [0.2, 0.25) is 0 Å². The summed E-state index contributed by atoms with van der Waals surface area (Å²) in [6, 6.07) is -0.227. The van der Waals surface area contributed by atoms with Crippen LogP contribution in [0.1, 0.15) is 20.8 Å². The molecule has 0 amide bonds. The fourth-order valence-corrected chi connectivity index (χ4v) is 0.929. The number of nitrogens with zero attached hydrogens (tertiary/aromatic N) is 2. The number of hydroxylamine groups is 2. The predicted molar refractivity (Wildman–Crippen MR) is 42.7 cm³/mol. The first kappa shape index (κ1) is 10.8. The molecule has 0 heterocycles. The second-order valence-corrected chi connectivity index (χ2v) is 2.66. The van der Waals surface area contributed by atoms with Crippen molar-refractivity contribution in [3.63, 3.8) is 0 Å². The van der Waals surface area contributed by atoms with Gasteiger partial charge in [-0.15, -0.1) is 0 Å². The minimum absolute atomic E-state index is 0.227. The quantitative estimate of drug-likeness (QED) is 0.587. The van der Waals surface area contributed by atoms with E-state index in [2.05, 4.69) is 18.7 Å². The van der Waals surface area contributed by atoms with E-state index < -0.39 is 0 Å². The summed E-state index contributed by atoms with van der Waals surface area (Å²) < 4.78 is 0. The molecule has 0 aliphatic rings. The summed E-state index contributed by atoms with van der Waals surface area (Å²) in [4.78, 5) is 2.13. The molecule has 4 nitrogen and oxygen atoms in total. The van der Waals surface area contributed by atoms with E-state index in [0.29, 0.717) is 6.54 Å². The number of rotatable bonds is 5. The van der Waals surface area contributed by atoms with Crippen LogP contribution in [0.25, 0.3) is 0 Å². The molecule has 0 rings (SSSR count). The summed E-state index contributed by atoms with van der Waals surface area (Å²) in [7, 11) is 0. The van der Waals surface area contributed by atoms with E-state index in [1.807, 2.05) is 0 Å². The summed E-state index contributed by atoms with van der Waals surface area (Å²) >= 11 is 0. The fourth-order valence-electron chi connectivity index (χ4n) is 0.929. The average Bonchev–Trinajstić information content (AvgIpc) is 1.99. The molecule has 0 aromatic carbocycles. The van der Waals surface area contributed by atoms with E-state index in [9.17, 15) is 0 Å². The minimum atomic E-state index is -0.227. The molecule has 0 bridgehead atoms. The molecule has 0 saturated carbocycles. The lowest BCUT2D eigenvalue weighted by atomic mass is 10.3. The second kappa shape index (κ2) is 5.49. The summed E-state index contributed by atoms with van der Waals surface area (Å²) in [6.07, 6.45) is 0. The van der Waals surface area contributed by atoms with Crippen LogP contribution in [0.4, 0.5) is 0 Å².